The maximum Gasteiger partial charge on any atom is 0.417 e. The normalized spacial score (nSPS) is 21.8. The molecule has 2 atom stereocenters. The minimum absolute atomic E-state index is 0.0557. The summed E-state index contributed by atoms with van der Waals surface area (Å²) in [4.78, 5) is 49.4. The standard InChI is InChI=1S/C23H26F3N7O4/c1-31-11-14(23(24,25)26)8-15(21(31)35)29-22(36)33-6-7-37-17-12-32(5-4-16(17)33)19-10-27-18(9-28-19)30-20(34)13-2-3-13/h8-11,13,16-17H,2-7,12H2,1H3,(H,29,36)(H,27,30,34)/t16-,17-/m0/s1. The van der Waals surface area contributed by atoms with Crippen LogP contribution in [0.5, 0.6) is 0 Å². The summed E-state index contributed by atoms with van der Waals surface area (Å²) < 4.78 is 46.3. The Balaban J connectivity index is 1.24. The highest BCUT2D eigenvalue weighted by Gasteiger charge is 2.40. The van der Waals surface area contributed by atoms with E-state index in [-0.39, 0.29) is 37.1 Å². The van der Waals surface area contributed by atoms with E-state index in [1.165, 1.54) is 18.1 Å². The fourth-order valence-corrected chi connectivity index (χ4v) is 4.62. The smallest absolute Gasteiger partial charge is 0.372 e. The van der Waals surface area contributed by atoms with Gasteiger partial charge in [0.2, 0.25) is 5.91 Å². The number of piperidine rings is 1. The van der Waals surface area contributed by atoms with Crippen molar-refractivity contribution in [2.75, 3.05) is 41.8 Å². The maximum atomic E-state index is 13.2. The molecule has 2 N–H and O–H groups in total. The number of halogens is 3. The van der Waals surface area contributed by atoms with E-state index in [1.54, 1.807) is 6.20 Å². The van der Waals surface area contributed by atoms with E-state index in [4.69, 9.17) is 4.74 Å². The number of fused-ring (bicyclic) bond motifs is 1. The van der Waals surface area contributed by atoms with Gasteiger partial charge >= 0.3 is 12.2 Å². The molecule has 3 fully saturated rings. The van der Waals surface area contributed by atoms with Crippen LogP contribution in [0.3, 0.4) is 0 Å². The Morgan fingerprint density at radius 2 is 1.89 bits per heavy atom. The van der Waals surface area contributed by atoms with Gasteiger partial charge < -0.3 is 29.7 Å². The van der Waals surface area contributed by atoms with Gasteiger partial charge in [-0.2, -0.15) is 13.2 Å². The minimum atomic E-state index is -4.66. The first-order chi connectivity index (χ1) is 17.6. The lowest BCUT2D eigenvalue weighted by Gasteiger charge is -2.46. The first-order valence-corrected chi connectivity index (χ1v) is 11.9. The fraction of sp³-hybridized carbons (Fsp3) is 0.522. The maximum absolute atomic E-state index is 13.2. The van der Waals surface area contributed by atoms with Gasteiger partial charge in [-0.15, -0.1) is 0 Å². The SMILES string of the molecule is Cn1cc(C(F)(F)F)cc(NC(=O)N2CCO[C@H]3CN(c4cnc(NC(=O)C5CC5)cn4)CC[C@@H]32)c1=O. The zero-order valence-electron chi connectivity index (χ0n) is 20.0. The molecule has 2 aromatic heterocycles. The van der Waals surface area contributed by atoms with Crippen LogP contribution in [0.15, 0.2) is 29.5 Å². The average molecular weight is 522 g/mol. The van der Waals surface area contributed by atoms with E-state index in [2.05, 4.69) is 20.6 Å². The number of rotatable bonds is 4. The average Bonchev–Trinajstić information content (AvgIpc) is 3.71. The van der Waals surface area contributed by atoms with Crippen molar-refractivity contribution in [2.45, 2.75) is 37.6 Å². The number of carbonyl (C=O) groups excluding carboxylic acids is 2. The van der Waals surface area contributed by atoms with Crippen LogP contribution < -0.4 is 21.1 Å². The molecule has 1 saturated carbocycles. The molecule has 2 saturated heterocycles. The number of aryl methyl sites for hydroxylation is 1. The molecule has 4 heterocycles. The number of morpholine rings is 1. The third kappa shape index (κ3) is 5.38. The Kier molecular flexibility index (Phi) is 6.52. The van der Waals surface area contributed by atoms with E-state index in [1.807, 2.05) is 4.90 Å². The zero-order valence-corrected chi connectivity index (χ0v) is 20.0. The number of hydrogen-bond donors (Lipinski definition) is 2. The van der Waals surface area contributed by atoms with Gasteiger partial charge in [-0.05, 0) is 25.3 Å². The van der Waals surface area contributed by atoms with Crippen LogP contribution in [0.2, 0.25) is 0 Å². The second-order valence-corrected chi connectivity index (χ2v) is 9.41. The molecule has 0 bridgehead atoms. The number of hydrogen-bond acceptors (Lipinski definition) is 7. The van der Waals surface area contributed by atoms with Crippen molar-refractivity contribution in [3.8, 4) is 0 Å². The van der Waals surface area contributed by atoms with Gasteiger partial charge in [0, 0.05) is 38.8 Å². The third-order valence-electron chi connectivity index (χ3n) is 6.76. The number of carbonyl (C=O) groups is 2. The fourth-order valence-electron chi connectivity index (χ4n) is 4.62. The lowest BCUT2D eigenvalue weighted by atomic mass is 9.98. The second kappa shape index (κ2) is 9.65. The molecular formula is C23H26F3N7O4. The van der Waals surface area contributed by atoms with Gasteiger partial charge in [0.25, 0.3) is 5.56 Å². The van der Waals surface area contributed by atoms with Gasteiger partial charge in [-0.3, -0.25) is 9.59 Å². The quantitative estimate of drug-likeness (QED) is 0.632. The summed E-state index contributed by atoms with van der Waals surface area (Å²) in [5.74, 6) is 0.981. The summed E-state index contributed by atoms with van der Waals surface area (Å²) in [6, 6.07) is -0.334. The monoisotopic (exact) mass is 521 g/mol. The lowest BCUT2D eigenvalue weighted by molar-refractivity contribution is -0.138. The van der Waals surface area contributed by atoms with Crippen LogP contribution in [-0.2, 0) is 22.8 Å². The first-order valence-electron chi connectivity index (χ1n) is 11.9. The molecule has 1 aliphatic carbocycles. The molecule has 5 rings (SSSR count). The third-order valence-corrected chi connectivity index (χ3v) is 6.76. The van der Waals surface area contributed by atoms with Gasteiger partial charge in [0.15, 0.2) is 5.82 Å². The Labute approximate surface area is 209 Å². The highest BCUT2D eigenvalue weighted by molar-refractivity contribution is 5.93. The van der Waals surface area contributed by atoms with Crippen LogP contribution in [0.1, 0.15) is 24.8 Å². The molecule has 0 unspecified atom stereocenters. The molecule has 198 valence electrons. The molecule has 14 heteroatoms. The number of ether oxygens (including phenoxy) is 1. The largest absolute Gasteiger partial charge is 0.417 e. The van der Waals surface area contributed by atoms with Crippen LogP contribution in [0.4, 0.5) is 35.3 Å². The molecule has 3 aliphatic rings. The van der Waals surface area contributed by atoms with Crippen molar-refractivity contribution in [1.29, 1.82) is 0 Å². The molecule has 2 aromatic rings. The Morgan fingerprint density at radius 3 is 2.57 bits per heavy atom. The molecule has 11 nitrogen and oxygen atoms in total. The first kappa shape index (κ1) is 25.0. The lowest BCUT2D eigenvalue weighted by Crippen LogP contribution is -2.61. The van der Waals surface area contributed by atoms with Gasteiger partial charge in [-0.1, -0.05) is 0 Å². The second-order valence-electron chi connectivity index (χ2n) is 9.41. The van der Waals surface area contributed by atoms with Crippen molar-refractivity contribution < 1.29 is 27.5 Å². The molecule has 3 amide bonds. The van der Waals surface area contributed by atoms with Gasteiger partial charge in [0.05, 0.1) is 36.7 Å². The summed E-state index contributed by atoms with van der Waals surface area (Å²) in [6.45, 7) is 1.42. The number of aromatic nitrogens is 3. The van der Waals surface area contributed by atoms with Crippen molar-refractivity contribution in [3.63, 3.8) is 0 Å². The Bertz CT molecular complexity index is 1250. The topological polar surface area (TPSA) is 122 Å². The van der Waals surface area contributed by atoms with Gasteiger partial charge in [0.1, 0.15) is 11.5 Å². The van der Waals surface area contributed by atoms with Crippen LogP contribution >= 0.6 is 0 Å². The molecule has 0 radical (unpaired) electrons. The number of pyridine rings is 1. The number of nitrogens with zero attached hydrogens (tertiary/aromatic N) is 5. The Morgan fingerprint density at radius 1 is 1.11 bits per heavy atom. The van der Waals surface area contributed by atoms with Crippen LogP contribution in [0, 0.1) is 5.92 Å². The van der Waals surface area contributed by atoms with E-state index in [0.717, 1.165) is 17.4 Å². The number of urea groups is 1. The number of nitrogens with one attached hydrogen (secondary N) is 2. The zero-order chi connectivity index (χ0) is 26.3. The summed E-state index contributed by atoms with van der Waals surface area (Å²) >= 11 is 0. The van der Waals surface area contributed by atoms with Crippen LogP contribution in [0.25, 0.3) is 0 Å². The van der Waals surface area contributed by atoms with E-state index in [0.29, 0.717) is 43.4 Å². The summed E-state index contributed by atoms with van der Waals surface area (Å²) in [6.07, 6.45) is 1.02. The predicted molar refractivity (Wildman–Crippen MR) is 126 cm³/mol. The Hall–Kier alpha value is -3.68. The highest BCUT2D eigenvalue weighted by atomic mass is 19.4. The molecular weight excluding hydrogens is 495 g/mol. The highest BCUT2D eigenvalue weighted by Crippen LogP contribution is 2.31. The van der Waals surface area contributed by atoms with Crippen molar-refractivity contribution >= 4 is 29.3 Å². The van der Waals surface area contributed by atoms with Crippen LogP contribution in [-0.4, -0.2) is 69.8 Å². The molecule has 2 aliphatic heterocycles. The van der Waals surface area contributed by atoms with E-state index in [9.17, 15) is 27.6 Å². The van der Waals surface area contributed by atoms with Crippen molar-refractivity contribution in [2.24, 2.45) is 13.0 Å². The molecule has 0 spiro atoms. The van der Waals surface area contributed by atoms with Crippen molar-refractivity contribution in [1.82, 2.24) is 19.4 Å². The number of alkyl halides is 3. The molecule has 37 heavy (non-hydrogen) atoms. The van der Waals surface area contributed by atoms with E-state index < -0.39 is 29.0 Å². The summed E-state index contributed by atoms with van der Waals surface area (Å²) in [7, 11) is 1.20. The molecule has 0 aromatic carbocycles. The van der Waals surface area contributed by atoms with Crippen molar-refractivity contribution in [3.05, 3.63) is 40.6 Å². The summed E-state index contributed by atoms with van der Waals surface area (Å²) in [5.41, 5.74) is -2.21. The summed E-state index contributed by atoms with van der Waals surface area (Å²) in [5, 5.41) is 5.11. The number of amides is 3. The van der Waals surface area contributed by atoms with Gasteiger partial charge in [-0.25, -0.2) is 14.8 Å². The number of anilines is 3. The van der Waals surface area contributed by atoms with E-state index >= 15 is 0 Å². The predicted octanol–water partition coefficient (Wildman–Crippen LogP) is 2.05. The minimum Gasteiger partial charge on any atom is -0.372 e.